The van der Waals surface area contributed by atoms with Crippen molar-refractivity contribution in [3.8, 4) is 5.69 Å². The monoisotopic (exact) mass is 353 g/mol. The molecule has 1 aromatic carbocycles. The van der Waals surface area contributed by atoms with Gasteiger partial charge in [0, 0.05) is 29.9 Å². The van der Waals surface area contributed by atoms with Crippen LogP contribution in [0.25, 0.3) is 5.69 Å². The average molecular weight is 353 g/mol. The van der Waals surface area contributed by atoms with Crippen LogP contribution in [-0.4, -0.2) is 28.6 Å². The summed E-state index contributed by atoms with van der Waals surface area (Å²) in [6.07, 6.45) is 1.15. The molecule has 2 heterocycles. The maximum absolute atomic E-state index is 12.7. The number of amides is 2. The number of nitrogens with zero attached hydrogens (tertiary/aromatic N) is 3. The fourth-order valence-corrected chi connectivity index (χ4v) is 3.14. The minimum Gasteiger partial charge on any atom is -0.315 e. The quantitative estimate of drug-likeness (QED) is 0.720. The molecule has 1 aliphatic rings. The minimum atomic E-state index is -4.38. The van der Waals surface area contributed by atoms with Crippen molar-refractivity contribution in [1.82, 2.24) is 9.47 Å². The predicted octanol–water partition coefficient (Wildman–Crippen LogP) is 3.76. The third-order valence-electron chi connectivity index (χ3n) is 3.52. The average Bonchev–Trinajstić information content (AvgIpc) is 3.16. The van der Waals surface area contributed by atoms with E-state index in [0.717, 1.165) is 17.0 Å². The third kappa shape index (κ3) is 3.43. The van der Waals surface area contributed by atoms with E-state index < -0.39 is 11.7 Å². The van der Waals surface area contributed by atoms with Crippen LogP contribution in [0.15, 0.2) is 47.6 Å². The molecule has 0 fully saturated rings. The highest BCUT2D eigenvalue weighted by Gasteiger charge is 2.30. The number of hydrogen-bond acceptors (Lipinski definition) is 2. The van der Waals surface area contributed by atoms with Gasteiger partial charge in [-0.25, -0.2) is 4.79 Å². The number of thiazole rings is 1. The molecule has 4 nitrogen and oxygen atoms in total. The van der Waals surface area contributed by atoms with Crippen LogP contribution >= 0.6 is 11.3 Å². The molecule has 24 heavy (non-hydrogen) atoms. The van der Waals surface area contributed by atoms with Crippen LogP contribution in [0.2, 0.25) is 0 Å². The molecule has 126 valence electrons. The molecule has 2 aromatic rings. The maximum Gasteiger partial charge on any atom is 0.416 e. The van der Waals surface area contributed by atoms with E-state index in [0.29, 0.717) is 23.6 Å². The smallest absolute Gasteiger partial charge is 0.315 e. The van der Waals surface area contributed by atoms with Gasteiger partial charge < -0.3 is 4.90 Å². The molecule has 0 atom stereocenters. The van der Waals surface area contributed by atoms with E-state index in [9.17, 15) is 18.0 Å². The first-order valence-corrected chi connectivity index (χ1v) is 8.01. The minimum absolute atomic E-state index is 0.359. The molecule has 0 aliphatic carbocycles. The number of aromatic nitrogens is 1. The second kappa shape index (κ2) is 6.27. The van der Waals surface area contributed by atoms with Gasteiger partial charge >= 0.3 is 12.2 Å². The number of aryl methyl sites for hydroxylation is 1. The fourth-order valence-electron chi connectivity index (χ4n) is 2.32. The molecular weight excluding hydrogens is 339 g/mol. The Balaban J connectivity index is 1.96. The van der Waals surface area contributed by atoms with Gasteiger partial charge in [0.1, 0.15) is 0 Å². The van der Waals surface area contributed by atoms with E-state index >= 15 is 0 Å². The highest BCUT2D eigenvalue weighted by Crippen LogP contribution is 2.29. The predicted molar refractivity (Wildman–Crippen MR) is 85.1 cm³/mol. The standard InChI is InChI=1S/C16H14F3N3OS/c1-11-10-22(13-6-4-12(5-7-13)16(17,18)19)15(24-11)20-14(23)21-8-2-3-9-21/h2-7,10H,8-9H2,1H3/b20-15-. The van der Waals surface area contributed by atoms with Gasteiger partial charge in [-0.05, 0) is 31.2 Å². The second-order valence-corrected chi connectivity index (χ2v) is 6.52. The van der Waals surface area contributed by atoms with Crippen LogP contribution in [0.1, 0.15) is 10.4 Å². The SMILES string of the molecule is Cc1cn(-c2ccc(C(F)(F)F)cc2)/c(=N/C(=O)N2CC=CC2)s1. The topological polar surface area (TPSA) is 37.6 Å². The number of alkyl halides is 3. The van der Waals surface area contributed by atoms with Gasteiger partial charge in [0.15, 0.2) is 4.80 Å². The maximum atomic E-state index is 12.7. The van der Waals surface area contributed by atoms with Crippen LogP contribution < -0.4 is 4.80 Å². The summed E-state index contributed by atoms with van der Waals surface area (Å²) in [5, 5.41) is 0. The first-order chi connectivity index (χ1) is 11.3. The lowest BCUT2D eigenvalue weighted by Gasteiger charge is -2.11. The molecule has 0 spiro atoms. The van der Waals surface area contributed by atoms with Crippen LogP contribution in [-0.2, 0) is 6.18 Å². The fraction of sp³-hybridized carbons (Fsp3) is 0.250. The molecule has 0 N–H and O–H groups in total. The first-order valence-electron chi connectivity index (χ1n) is 7.20. The van der Waals surface area contributed by atoms with Crippen molar-refractivity contribution in [1.29, 1.82) is 0 Å². The summed E-state index contributed by atoms with van der Waals surface area (Å²) >= 11 is 1.31. The Kier molecular flexibility index (Phi) is 4.31. The lowest BCUT2D eigenvalue weighted by atomic mass is 10.2. The van der Waals surface area contributed by atoms with Crippen molar-refractivity contribution in [3.05, 3.63) is 57.9 Å². The Morgan fingerprint density at radius 1 is 1.17 bits per heavy atom. The van der Waals surface area contributed by atoms with E-state index in [1.807, 2.05) is 19.1 Å². The van der Waals surface area contributed by atoms with Crippen LogP contribution in [0, 0.1) is 6.92 Å². The zero-order valence-electron chi connectivity index (χ0n) is 12.7. The summed E-state index contributed by atoms with van der Waals surface area (Å²) in [5.41, 5.74) is -0.185. The number of benzene rings is 1. The lowest BCUT2D eigenvalue weighted by Crippen LogP contribution is -2.28. The Bertz CT molecular complexity index is 839. The van der Waals surface area contributed by atoms with Gasteiger partial charge in [0.25, 0.3) is 0 Å². The first kappa shape index (κ1) is 16.5. The van der Waals surface area contributed by atoms with Crippen LogP contribution in [0.5, 0.6) is 0 Å². The molecule has 1 aliphatic heterocycles. The molecule has 2 amide bonds. The molecule has 0 saturated heterocycles. The number of halogens is 3. The molecular formula is C16H14F3N3OS. The highest BCUT2D eigenvalue weighted by molar-refractivity contribution is 7.09. The number of carbonyl (C=O) groups excluding carboxylic acids is 1. The number of carbonyl (C=O) groups is 1. The molecule has 1 aromatic heterocycles. The number of urea groups is 1. The van der Waals surface area contributed by atoms with Crippen molar-refractivity contribution in [2.24, 2.45) is 4.99 Å². The van der Waals surface area contributed by atoms with Crippen molar-refractivity contribution in [3.63, 3.8) is 0 Å². The summed E-state index contributed by atoms with van der Waals surface area (Å²) in [4.78, 5) is 19.2. The normalized spacial score (nSPS) is 15.3. The largest absolute Gasteiger partial charge is 0.416 e. The zero-order valence-corrected chi connectivity index (χ0v) is 13.6. The van der Waals surface area contributed by atoms with Gasteiger partial charge in [-0.2, -0.15) is 18.2 Å². The number of hydrogen-bond donors (Lipinski definition) is 0. The molecule has 0 radical (unpaired) electrons. The molecule has 8 heteroatoms. The van der Waals surface area contributed by atoms with E-state index in [2.05, 4.69) is 4.99 Å². The second-order valence-electron chi connectivity index (χ2n) is 5.31. The molecule has 0 bridgehead atoms. The highest BCUT2D eigenvalue weighted by atomic mass is 32.1. The lowest BCUT2D eigenvalue weighted by molar-refractivity contribution is -0.137. The van der Waals surface area contributed by atoms with E-state index in [1.54, 1.807) is 15.7 Å². The van der Waals surface area contributed by atoms with Crippen LogP contribution in [0.4, 0.5) is 18.0 Å². The molecule has 3 rings (SSSR count). The zero-order chi connectivity index (χ0) is 17.3. The van der Waals surface area contributed by atoms with Gasteiger partial charge in [-0.1, -0.05) is 12.2 Å². The Hall–Kier alpha value is -2.35. The summed E-state index contributed by atoms with van der Waals surface area (Å²) in [6, 6.07) is 4.42. The van der Waals surface area contributed by atoms with Crippen LogP contribution in [0.3, 0.4) is 0 Å². The van der Waals surface area contributed by atoms with Crippen molar-refractivity contribution >= 4 is 17.4 Å². The van der Waals surface area contributed by atoms with E-state index in [4.69, 9.17) is 0 Å². The van der Waals surface area contributed by atoms with Gasteiger partial charge in [-0.3, -0.25) is 4.57 Å². The summed E-state index contributed by atoms with van der Waals surface area (Å²) in [6.45, 7) is 2.89. The summed E-state index contributed by atoms with van der Waals surface area (Å²) in [7, 11) is 0. The molecule has 0 unspecified atom stereocenters. The van der Waals surface area contributed by atoms with Crippen molar-refractivity contribution < 1.29 is 18.0 Å². The van der Waals surface area contributed by atoms with Crippen molar-refractivity contribution in [2.45, 2.75) is 13.1 Å². The number of rotatable bonds is 1. The molecule has 0 saturated carbocycles. The van der Waals surface area contributed by atoms with Crippen molar-refractivity contribution in [2.75, 3.05) is 13.1 Å². The summed E-state index contributed by atoms with van der Waals surface area (Å²) in [5.74, 6) is 0. The van der Waals surface area contributed by atoms with Gasteiger partial charge in [-0.15, -0.1) is 11.3 Å². The third-order valence-corrected chi connectivity index (χ3v) is 4.42. The van der Waals surface area contributed by atoms with Gasteiger partial charge in [0.2, 0.25) is 0 Å². The Morgan fingerprint density at radius 2 is 1.79 bits per heavy atom. The Labute approximate surface area is 140 Å². The van der Waals surface area contributed by atoms with E-state index in [1.165, 1.54) is 23.5 Å². The summed E-state index contributed by atoms with van der Waals surface area (Å²) < 4.78 is 39.6. The van der Waals surface area contributed by atoms with Gasteiger partial charge in [0.05, 0.1) is 5.56 Å². The Morgan fingerprint density at radius 3 is 2.38 bits per heavy atom. The van der Waals surface area contributed by atoms with E-state index in [-0.39, 0.29) is 6.03 Å².